The van der Waals surface area contributed by atoms with Gasteiger partial charge < -0.3 is 24.7 Å². The average Bonchev–Trinajstić information content (AvgIpc) is 3.23. The summed E-state index contributed by atoms with van der Waals surface area (Å²) in [5, 5.41) is 2.99. The molecule has 2 heterocycles. The molecule has 7 heteroatoms. The normalized spacial score (nSPS) is 18.2. The topological polar surface area (TPSA) is 79.5 Å². The first-order valence-corrected chi connectivity index (χ1v) is 8.21. The van der Waals surface area contributed by atoms with Gasteiger partial charge in [0.05, 0.1) is 37.2 Å². The Kier molecular flexibility index (Phi) is 5.32. The number of nitrogens with one attached hydrogen (secondary N) is 2. The van der Waals surface area contributed by atoms with Crippen LogP contribution in [0.4, 0.5) is 0 Å². The molecule has 7 nitrogen and oxygen atoms in total. The molecule has 1 aliphatic rings. The van der Waals surface area contributed by atoms with Crippen molar-refractivity contribution in [3.8, 4) is 5.75 Å². The SMILES string of the molecule is COCCN1CCC(C(=O)NCc2nc3ccc(OC)cc3[nH]2)C1. The number of ether oxygens (including phenoxy) is 2. The minimum Gasteiger partial charge on any atom is -0.497 e. The lowest BCUT2D eigenvalue weighted by molar-refractivity contribution is -0.124. The van der Waals surface area contributed by atoms with Gasteiger partial charge in [-0.15, -0.1) is 0 Å². The summed E-state index contributed by atoms with van der Waals surface area (Å²) in [6.07, 6.45) is 0.896. The molecule has 1 unspecified atom stereocenters. The van der Waals surface area contributed by atoms with Crippen LogP contribution in [0, 0.1) is 5.92 Å². The highest BCUT2D eigenvalue weighted by atomic mass is 16.5. The molecule has 1 fully saturated rings. The Bertz CT molecular complexity index is 700. The first kappa shape index (κ1) is 16.7. The molecule has 0 saturated carbocycles. The minimum atomic E-state index is 0.0475. The fraction of sp³-hybridized carbons (Fsp3) is 0.529. The lowest BCUT2D eigenvalue weighted by atomic mass is 10.1. The summed E-state index contributed by atoms with van der Waals surface area (Å²) in [7, 11) is 3.33. The number of rotatable bonds is 7. The summed E-state index contributed by atoms with van der Waals surface area (Å²) >= 11 is 0. The summed E-state index contributed by atoms with van der Waals surface area (Å²) < 4.78 is 10.3. The van der Waals surface area contributed by atoms with Gasteiger partial charge in [0.2, 0.25) is 5.91 Å². The van der Waals surface area contributed by atoms with Crippen molar-refractivity contribution >= 4 is 16.9 Å². The number of carbonyl (C=O) groups excluding carboxylic acids is 1. The molecule has 1 aliphatic heterocycles. The maximum absolute atomic E-state index is 12.3. The van der Waals surface area contributed by atoms with Crippen molar-refractivity contribution in [3.63, 3.8) is 0 Å². The fourth-order valence-corrected chi connectivity index (χ4v) is 3.04. The zero-order valence-corrected chi connectivity index (χ0v) is 14.2. The molecular formula is C17H24N4O3. The average molecular weight is 332 g/mol. The van der Waals surface area contributed by atoms with Gasteiger partial charge >= 0.3 is 0 Å². The standard InChI is InChI=1S/C17H24N4O3/c1-23-8-7-21-6-5-12(11-21)17(22)18-10-16-19-14-4-3-13(24-2)9-15(14)20-16/h3-4,9,12H,5-8,10-11H2,1-2H3,(H,18,22)(H,19,20). The molecule has 2 aromatic rings. The number of aromatic amines is 1. The summed E-state index contributed by atoms with van der Waals surface area (Å²) in [5.41, 5.74) is 1.77. The molecular weight excluding hydrogens is 308 g/mol. The lowest BCUT2D eigenvalue weighted by Crippen LogP contribution is -2.33. The molecule has 130 valence electrons. The number of likely N-dealkylation sites (tertiary alicyclic amines) is 1. The van der Waals surface area contributed by atoms with Gasteiger partial charge in [0, 0.05) is 26.3 Å². The quantitative estimate of drug-likeness (QED) is 0.795. The van der Waals surface area contributed by atoms with Gasteiger partial charge in [-0.25, -0.2) is 4.98 Å². The number of fused-ring (bicyclic) bond motifs is 1. The second-order valence-corrected chi connectivity index (χ2v) is 6.06. The van der Waals surface area contributed by atoms with Crippen LogP contribution in [0.25, 0.3) is 11.0 Å². The molecule has 24 heavy (non-hydrogen) atoms. The Morgan fingerprint density at radius 1 is 1.46 bits per heavy atom. The van der Waals surface area contributed by atoms with Gasteiger partial charge in [-0.1, -0.05) is 0 Å². The third kappa shape index (κ3) is 3.85. The van der Waals surface area contributed by atoms with Crippen LogP contribution in [0.3, 0.4) is 0 Å². The van der Waals surface area contributed by atoms with Crippen LogP contribution in [0.5, 0.6) is 5.75 Å². The molecule has 3 rings (SSSR count). The van der Waals surface area contributed by atoms with Crippen LogP contribution < -0.4 is 10.1 Å². The molecule has 1 saturated heterocycles. The van der Waals surface area contributed by atoms with Gasteiger partial charge in [0.15, 0.2) is 0 Å². The molecule has 1 amide bonds. The third-order valence-corrected chi connectivity index (χ3v) is 4.42. The zero-order valence-electron chi connectivity index (χ0n) is 14.2. The first-order chi connectivity index (χ1) is 11.7. The Balaban J connectivity index is 1.53. The second-order valence-electron chi connectivity index (χ2n) is 6.06. The van der Waals surface area contributed by atoms with Crippen LogP contribution in [-0.4, -0.2) is 61.2 Å². The maximum Gasteiger partial charge on any atom is 0.224 e. The maximum atomic E-state index is 12.3. The number of aromatic nitrogens is 2. The van der Waals surface area contributed by atoms with Crippen molar-refractivity contribution in [2.45, 2.75) is 13.0 Å². The van der Waals surface area contributed by atoms with E-state index in [2.05, 4.69) is 20.2 Å². The number of nitrogens with zero attached hydrogens (tertiary/aromatic N) is 2. The van der Waals surface area contributed by atoms with Crippen LogP contribution in [0.2, 0.25) is 0 Å². The van der Waals surface area contributed by atoms with E-state index in [0.29, 0.717) is 13.2 Å². The van der Waals surface area contributed by atoms with Crippen LogP contribution >= 0.6 is 0 Å². The number of methoxy groups -OCH3 is 2. The van der Waals surface area contributed by atoms with Crippen molar-refractivity contribution in [2.24, 2.45) is 5.92 Å². The molecule has 0 aliphatic carbocycles. The molecule has 0 bridgehead atoms. The number of H-pyrrole nitrogens is 1. The highest BCUT2D eigenvalue weighted by Crippen LogP contribution is 2.19. The number of imidazole rings is 1. The predicted molar refractivity (Wildman–Crippen MR) is 90.9 cm³/mol. The molecule has 1 aromatic heterocycles. The molecule has 1 aromatic carbocycles. The Morgan fingerprint density at radius 3 is 3.12 bits per heavy atom. The van der Waals surface area contributed by atoms with Crippen LogP contribution in [-0.2, 0) is 16.1 Å². The van der Waals surface area contributed by atoms with E-state index in [1.54, 1.807) is 14.2 Å². The van der Waals surface area contributed by atoms with E-state index in [9.17, 15) is 4.79 Å². The highest BCUT2D eigenvalue weighted by molar-refractivity contribution is 5.79. The summed E-state index contributed by atoms with van der Waals surface area (Å²) in [6, 6.07) is 5.68. The molecule has 0 radical (unpaired) electrons. The van der Waals surface area contributed by atoms with E-state index in [-0.39, 0.29) is 11.8 Å². The van der Waals surface area contributed by atoms with E-state index >= 15 is 0 Å². The lowest BCUT2D eigenvalue weighted by Gasteiger charge is -2.14. The Morgan fingerprint density at radius 2 is 2.33 bits per heavy atom. The van der Waals surface area contributed by atoms with Crippen molar-refractivity contribution in [3.05, 3.63) is 24.0 Å². The molecule has 1 atom stereocenters. The van der Waals surface area contributed by atoms with Gasteiger partial charge in [-0.05, 0) is 25.1 Å². The summed E-state index contributed by atoms with van der Waals surface area (Å²) in [5.74, 6) is 1.67. The summed E-state index contributed by atoms with van der Waals surface area (Å²) in [6.45, 7) is 3.74. The Labute approximate surface area is 141 Å². The summed E-state index contributed by atoms with van der Waals surface area (Å²) in [4.78, 5) is 22.3. The van der Waals surface area contributed by atoms with E-state index in [1.807, 2.05) is 18.2 Å². The van der Waals surface area contributed by atoms with E-state index in [0.717, 1.165) is 48.7 Å². The van der Waals surface area contributed by atoms with E-state index < -0.39 is 0 Å². The number of hydrogen-bond donors (Lipinski definition) is 2. The molecule has 0 spiro atoms. The smallest absolute Gasteiger partial charge is 0.224 e. The number of benzene rings is 1. The van der Waals surface area contributed by atoms with Crippen LogP contribution in [0.1, 0.15) is 12.2 Å². The van der Waals surface area contributed by atoms with Crippen molar-refractivity contribution in [1.29, 1.82) is 0 Å². The van der Waals surface area contributed by atoms with Crippen molar-refractivity contribution in [2.75, 3.05) is 40.5 Å². The number of carbonyl (C=O) groups is 1. The Hall–Kier alpha value is -2.12. The first-order valence-electron chi connectivity index (χ1n) is 8.21. The van der Waals surface area contributed by atoms with Crippen molar-refractivity contribution in [1.82, 2.24) is 20.2 Å². The van der Waals surface area contributed by atoms with Gasteiger partial charge in [-0.2, -0.15) is 0 Å². The van der Waals surface area contributed by atoms with E-state index in [1.165, 1.54) is 0 Å². The van der Waals surface area contributed by atoms with Gasteiger partial charge in [0.25, 0.3) is 0 Å². The second kappa shape index (κ2) is 7.63. The fourth-order valence-electron chi connectivity index (χ4n) is 3.04. The highest BCUT2D eigenvalue weighted by Gasteiger charge is 2.27. The van der Waals surface area contributed by atoms with Crippen LogP contribution in [0.15, 0.2) is 18.2 Å². The molecule has 2 N–H and O–H groups in total. The minimum absolute atomic E-state index is 0.0475. The third-order valence-electron chi connectivity index (χ3n) is 4.42. The number of hydrogen-bond acceptors (Lipinski definition) is 5. The largest absolute Gasteiger partial charge is 0.497 e. The van der Waals surface area contributed by atoms with E-state index in [4.69, 9.17) is 9.47 Å². The zero-order chi connectivity index (χ0) is 16.9. The predicted octanol–water partition coefficient (Wildman–Crippen LogP) is 1.16. The number of amides is 1. The van der Waals surface area contributed by atoms with Gasteiger partial charge in [-0.3, -0.25) is 4.79 Å². The van der Waals surface area contributed by atoms with Crippen molar-refractivity contribution < 1.29 is 14.3 Å². The monoisotopic (exact) mass is 332 g/mol. The van der Waals surface area contributed by atoms with Gasteiger partial charge in [0.1, 0.15) is 11.6 Å².